The van der Waals surface area contributed by atoms with Crippen molar-refractivity contribution in [2.75, 3.05) is 40.3 Å². The molecule has 0 saturated carbocycles. The molecule has 1 aliphatic rings. The lowest BCUT2D eigenvalue weighted by Crippen LogP contribution is -2.51. The normalized spacial score (nSPS) is 22.9. The zero-order valence-electron chi connectivity index (χ0n) is 12.8. The van der Waals surface area contributed by atoms with Gasteiger partial charge in [0, 0.05) is 31.7 Å². The molecular weight excluding hydrogens is 253 g/mol. The summed E-state index contributed by atoms with van der Waals surface area (Å²) in [5, 5.41) is 3.53. The number of benzene rings is 1. The van der Waals surface area contributed by atoms with Crippen molar-refractivity contribution in [2.45, 2.75) is 25.4 Å². The summed E-state index contributed by atoms with van der Waals surface area (Å²) in [5.74, 6) is -0.168. The van der Waals surface area contributed by atoms with Gasteiger partial charge in [-0.3, -0.25) is 0 Å². The Bertz CT molecular complexity index is 407. The van der Waals surface area contributed by atoms with E-state index in [0.29, 0.717) is 12.1 Å². The van der Waals surface area contributed by atoms with Crippen LogP contribution in [-0.4, -0.2) is 56.1 Å². The number of hydrogen-bond donors (Lipinski definition) is 1. The molecule has 112 valence electrons. The highest BCUT2D eigenvalue weighted by atomic mass is 19.1. The minimum atomic E-state index is -0.168. The highest BCUT2D eigenvalue weighted by Gasteiger charge is 2.25. The predicted molar refractivity (Wildman–Crippen MR) is 81.3 cm³/mol. The third kappa shape index (κ3) is 4.01. The molecule has 1 fully saturated rings. The van der Waals surface area contributed by atoms with Crippen molar-refractivity contribution in [2.24, 2.45) is 0 Å². The van der Waals surface area contributed by atoms with Crippen LogP contribution >= 0.6 is 0 Å². The number of nitrogens with one attached hydrogen (secondary N) is 1. The summed E-state index contributed by atoms with van der Waals surface area (Å²) in [6.45, 7) is 6.39. The largest absolute Gasteiger partial charge is 0.310 e. The van der Waals surface area contributed by atoms with E-state index >= 15 is 0 Å². The average molecular weight is 279 g/mol. The summed E-state index contributed by atoms with van der Waals surface area (Å²) in [5.41, 5.74) is 1.18. The van der Waals surface area contributed by atoms with Gasteiger partial charge in [-0.25, -0.2) is 4.39 Å². The van der Waals surface area contributed by atoms with Gasteiger partial charge in [0.25, 0.3) is 0 Å². The fourth-order valence-corrected chi connectivity index (χ4v) is 2.91. The maximum absolute atomic E-state index is 13.1. The van der Waals surface area contributed by atoms with Crippen molar-refractivity contribution in [3.8, 4) is 0 Å². The van der Waals surface area contributed by atoms with Gasteiger partial charge in [0.2, 0.25) is 0 Å². The van der Waals surface area contributed by atoms with Crippen LogP contribution in [0.1, 0.15) is 24.9 Å². The number of piperazine rings is 1. The molecule has 2 unspecified atom stereocenters. The van der Waals surface area contributed by atoms with Gasteiger partial charge in [-0.2, -0.15) is 0 Å². The van der Waals surface area contributed by atoms with E-state index in [9.17, 15) is 4.39 Å². The van der Waals surface area contributed by atoms with Gasteiger partial charge in [0.05, 0.1) is 0 Å². The Hall–Kier alpha value is -0.970. The standard InChI is InChI=1S/C16H26FN3/c1-4-18-16(13-5-7-14(17)8-6-13)11-15-12-19(2)9-10-20(15)3/h5-8,15-16,18H,4,9-12H2,1-3H3. The van der Waals surface area contributed by atoms with E-state index in [1.165, 1.54) is 5.56 Å². The van der Waals surface area contributed by atoms with Gasteiger partial charge in [-0.05, 0) is 44.8 Å². The van der Waals surface area contributed by atoms with Crippen molar-refractivity contribution in [3.63, 3.8) is 0 Å². The summed E-state index contributed by atoms with van der Waals surface area (Å²) in [4.78, 5) is 4.83. The van der Waals surface area contributed by atoms with Crippen LogP contribution in [-0.2, 0) is 0 Å². The van der Waals surface area contributed by atoms with Crippen LogP contribution in [0, 0.1) is 5.82 Å². The van der Waals surface area contributed by atoms with E-state index in [-0.39, 0.29) is 5.82 Å². The molecule has 1 aliphatic heterocycles. The van der Waals surface area contributed by atoms with E-state index in [1.54, 1.807) is 12.1 Å². The first-order valence-electron chi connectivity index (χ1n) is 7.47. The van der Waals surface area contributed by atoms with Gasteiger partial charge >= 0.3 is 0 Å². The minimum Gasteiger partial charge on any atom is -0.310 e. The molecule has 4 heteroatoms. The zero-order valence-corrected chi connectivity index (χ0v) is 12.8. The first-order chi connectivity index (χ1) is 9.60. The van der Waals surface area contributed by atoms with Crippen molar-refractivity contribution in [1.82, 2.24) is 15.1 Å². The third-order valence-electron chi connectivity index (χ3n) is 4.21. The van der Waals surface area contributed by atoms with Gasteiger partial charge in [-0.15, -0.1) is 0 Å². The number of nitrogens with zero attached hydrogens (tertiary/aromatic N) is 2. The monoisotopic (exact) mass is 279 g/mol. The minimum absolute atomic E-state index is 0.168. The number of halogens is 1. The molecule has 20 heavy (non-hydrogen) atoms. The molecule has 2 atom stereocenters. The molecule has 3 nitrogen and oxygen atoms in total. The van der Waals surface area contributed by atoms with E-state index < -0.39 is 0 Å². The van der Waals surface area contributed by atoms with Crippen LogP contribution in [0.2, 0.25) is 0 Å². The first-order valence-corrected chi connectivity index (χ1v) is 7.47. The molecule has 1 aromatic rings. The van der Waals surface area contributed by atoms with Crippen molar-refractivity contribution < 1.29 is 4.39 Å². The van der Waals surface area contributed by atoms with Crippen molar-refractivity contribution in [1.29, 1.82) is 0 Å². The summed E-state index contributed by atoms with van der Waals surface area (Å²) < 4.78 is 13.1. The molecule has 2 rings (SSSR count). The molecule has 0 amide bonds. The quantitative estimate of drug-likeness (QED) is 0.890. The number of hydrogen-bond acceptors (Lipinski definition) is 3. The second kappa shape index (κ2) is 7.16. The second-order valence-corrected chi connectivity index (χ2v) is 5.79. The predicted octanol–water partition coefficient (Wildman–Crippen LogP) is 2.11. The highest BCUT2D eigenvalue weighted by molar-refractivity contribution is 5.20. The molecule has 0 radical (unpaired) electrons. The maximum Gasteiger partial charge on any atom is 0.123 e. The van der Waals surface area contributed by atoms with Crippen LogP contribution in [0.25, 0.3) is 0 Å². The second-order valence-electron chi connectivity index (χ2n) is 5.79. The van der Waals surface area contributed by atoms with E-state index in [2.05, 4.69) is 36.1 Å². The fraction of sp³-hybridized carbons (Fsp3) is 0.625. The molecule has 0 aromatic heterocycles. The molecule has 1 heterocycles. The summed E-state index contributed by atoms with van der Waals surface area (Å²) in [7, 11) is 4.38. The Morgan fingerprint density at radius 3 is 2.60 bits per heavy atom. The van der Waals surface area contributed by atoms with E-state index in [1.807, 2.05) is 12.1 Å². The molecule has 0 aliphatic carbocycles. The Kier molecular flexibility index (Phi) is 5.52. The van der Waals surface area contributed by atoms with E-state index in [4.69, 9.17) is 0 Å². The molecule has 1 N–H and O–H groups in total. The summed E-state index contributed by atoms with van der Waals surface area (Å²) in [6.07, 6.45) is 1.06. The molecular formula is C16H26FN3. The third-order valence-corrected chi connectivity index (χ3v) is 4.21. The topological polar surface area (TPSA) is 18.5 Å². The van der Waals surface area contributed by atoms with Gasteiger partial charge in [-0.1, -0.05) is 19.1 Å². The van der Waals surface area contributed by atoms with Crippen LogP contribution in [0.5, 0.6) is 0 Å². The Labute approximate surface area is 121 Å². The number of rotatable bonds is 5. The maximum atomic E-state index is 13.1. The molecule has 1 saturated heterocycles. The Balaban J connectivity index is 2.06. The van der Waals surface area contributed by atoms with Crippen molar-refractivity contribution in [3.05, 3.63) is 35.6 Å². The van der Waals surface area contributed by atoms with Crippen LogP contribution < -0.4 is 5.32 Å². The lowest BCUT2D eigenvalue weighted by atomic mass is 9.97. The van der Waals surface area contributed by atoms with Crippen LogP contribution in [0.4, 0.5) is 4.39 Å². The Morgan fingerprint density at radius 1 is 1.25 bits per heavy atom. The van der Waals surface area contributed by atoms with Crippen LogP contribution in [0.15, 0.2) is 24.3 Å². The first kappa shape index (κ1) is 15.4. The molecule has 1 aromatic carbocycles. The lowest BCUT2D eigenvalue weighted by molar-refractivity contribution is 0.101. The van der Waals surface area contributed by atoms with E-state index in [0.717, 1.165) is 32.6 Å². The average Bonchev–Trinajstić information content (AvgIpc) is 2.43. The zero-order chi connectivity index (χ0) is 14.5. The fourth-order valence-electron chi connectivity index (χ4n) is 2.91. The highest BCUT2D eigenvalue weighted by Crippen LogP contribution is 2.22. The lowest BCUT2D eigenvalue weighted by Gasteiger charge is -2.39. The summed E-state index contributed by atoms with van der Waals surface area (Å²) in [6, 6.07) is 7.74. The van der Waals surface area contributed by atoms with Gasteiger partial charge in [0.15, 0.2) is 0 Å². The number of likely N-dealkylation sites (N-methyl/N-ethyl adjacent to an activating group) is 2. The molecule has 0 bridgehead atoms. The SMILES string of the molecule is CCNC(CC1CN(C)CCN1C)c1ccc(F)cc1. The smallest absolute Gasteiger partial charge is 0.123 e. The molecule has 0 spiro atoms. The van der Waals surface area contributed by atoms with Gasteiger partial charge < -0.3 is 15.1 Å². The Morgan fingerprint density at radius 2 is 1.95 bits per heavy atom. The van der Waals surface area contributed by atoms with Gasteiger partial charge in [0.1, 0.15) is 5.82 Å². The van der Waals surface area contributed by atoms with Crippen LogP contribution in [0.3, 0.4) is 0 Å². The van der Waals surface area contributed by atoms with Crippen molar-refractivity contribution >= 4 is 0 Å². The summed E-state index contributed by atoms with van der Waals surface area (Å²) >= 11 is 0.